The Morgan fingerprint density at radius 2 is 1.63 bits per heavy atom. The summed E-state index contributed by atoms with van der Waals surface area (Å²) in [6, 6.07) is 16.6. The summed E-state index contributed by atoms with van der Waals surface area (Å²) in [5, 5.41) is 8.53. The maximum absolute atomic E-state index is 5.95. The highest BCUT2D eigenvalue weighted by molar-refractivity contribution is 5.56. The molecule has 140 valence electrons. The molecule has 1 aliphatic rings. The van der Waals surface area contributed by atoms with E-state index in [-0.39, 0.29) is 6.04 Å². The molecule has 1 saturated heterocycles. The molecule has 0 bridgehead atoms. The number of nitrogens with zero attached hydrogens (tertiary/aromatic N) is 4. The minimum atomic E-state index is 0.121. The molecule has 27 heavy (non-hydrogen) atoms. The first-order chi connectivity index (χ1) is 13.1. The molecule has 0 amide bonds. The maximum atomic E-state index is 5.95. The van der Waals surface area contributed by atoms with Crippen LogP contribution < -0.4 is 4.90 Å². The lowest BCUT2D eigenvalue weighted by atomic mass is 10.1. The number of aryl methyl sites for hydroxylation is 1. The van der Waals surface area contributed by atoms with Gasteiger partial charge in [-0.1, -0.05) is 30.3 Å². The minimum Gasteiger partial charge on any atom is -0.419 e. The van der Waals surface area contributed by atoms with Gasteiger partial charge in [-0.15, -0.1) is 10.2 Å². The van der Waals surface area contributed by atoms with E-state index in [1.165, 1.54) is 16.8 Å². The van der Waals surface area contributed by atoms with E-state index in [1.54, 1.807) is 0 Å². The van der Waals surface area contributed by atoms with Crippen LogP contribution in [-0.2, 0) is 0 Å². The Morgan fingerprint density at radius 3 is 2.37 bits per heavy atom. The molecular formula is C22H26N4O. The molecule has 1 fully saturated rings. The SMILES string of the molecule is Cc1cccc(N2CCN([C@@H](C)c3nnc(-c4ccccc4)o3)CC2)c1C. The van der Waals surface area contributed by atoms with Crippen LogP contribution in [0.2, 0.25) is 0 Å². The Hall–Kier alpha value is -2.66. The van der Waals surface area contributed by atoms with Crippen molar-refractivity contribution in [3.63, 3.8) is 0 Å². The van der Waals surface area contributed by atoms with Gasteiger partial charge in [-0.2, -0.15) is 0 Å². The second kappa shape index (κ2) is 7.53. The summed E-state index contributed by atoms with van der Waals surface area (Å²) in [5.74, 6) is 1.28. The van der Waals surface area contributed by atoms with E-state index in [1.807, 2.05) is 30.3 Å². The van der Waals surface area contributed by atoms with E-state index in [2.05, 4.69) is 59.0 Å². The van der Waals surface area contributed by atoms with Crippen molar-refractivity contribution in [3.8, 4) is 11.5 Å². The molecule has 4 rings (SSSR count). The van der Waals surface area contributed by atoms with E-state index in [0.717, 1.165) is 31.7 Å². The van der Waals surface area contributed by atoms with E-state index in [0.29, 0.717) is 11.8 Å². The van der Waals surface area contributed by atoms with Gasteiger partial charge in [0.15, 0.2) is 0 Å². The Balaban J connectivity index is 1.42. The molecule has 0 unspecified atom stereocenters. The van der Waals surface area contributed by atoms with Crippen LogP contribution in [0, 0.1) is 13.8 Å². The molecule has 0 spiro atoms. The van der Waals surface area contributed by atoms with Gasteiger partial charge in [0.1, 0.15) is 0 Å². The zero-order chi connectivity index (χ0) is 18.8. The Labute approximate surface area is 160 Å². The molecule has 1 aromatic heterocycles. The van der Waals surface area contributed by atoms with Gasteiger partial charge in [-0.3, -0.25) is 4.90 Å². The van der Waals surface area contributed by atoms with Gasteiger partial charge in [0.25, 0.3) is 0 Å². The number of anilines is 1. The summed E-state index contributed by atoms with van der Waals surface area (Å²) in [5.41, 5.74) is 5.04. The summed E-state index contributed by atoms with van der Waals surface area (Å²) >= 11 is 0. The zero-order valence-corrected chi connectivity index (χ0v) is 16.2. The summed E-state index contributed by atoms with van der Waals surface area (Å²) in [6.45, 7) is 10.5. The topological polar surface area (TPSA) is 45.4 Å². The molecule has 0 aliphatic carbocycles. The zero-order valence-electron chi connectivity index (χ0n) is 16.2. The van der Waals surface area contributed by atoms with Crippen LogP contribution in [-0.4, -0.2) is 41.3 Å². The molecule has 1 aliphatic heterocycles. The van der Waals surface area contributed by atoms with Crippen LogP contribution in [0.5, 0.6) is 0 Å². The van der Waals surface area contributed by atoms with E-state index in [9.17, 15) is 0 Å². The summed E-state index contributed by atoms with van der Waals surface area (Å²) < 4.78 is 5.95. The highest BCUT2D eigenvalue weighted by Gasteiger charge is 2.26. The summed E-state index contributed by atoms with van der Waals surface area (Å²) in [4.78, 5) is 4.90. The Kier molecular flexibility index (Phi) is 4.94. The third kappa shape index (κ3) is 3.60. The van der Waals surface area contributed by atoms with Crippen LogP contribution in [0.4, 0.5) is 5.69 Å². The number of hydrogen-bond donors (Lipinski definition) is 0. The second-order valence-electron chi connectivity index (χ2n) is 7.23. The normalized spacial score (nSPS) is 16.5. The van der Waals surface area contributed by atoms with Gasteiger partial charge < -0.3 is 9.32 Å². The molecule has 3 aromatic rings. The predicted molar refractivity (Wildman–Crippen MR) is 108 cm³/mol. The lowest BCUT2D eigenvalue weighted by molar-refractivity contribution is 0.173. The molecule has 0 saturated carbocycles. The average Bonchev–Trinajstić information content (AvgIpc) is 3.21. The first-order valence-electron chi connectivity index (χ1n) is 9.57. The standard InChI is InChI=1S/C22H26N4O/c1-16-8-7-11-20(17(16)2)26-14-12-25(13-15-26)18(3)21-23-24-22(27-21)19-9-5-4-6-10-19/h4-11,18H,12-15H2,1-3H3/t18-/m0/s1. The molecular weight excluding hydrogens is 336 g/mol. The third-order valence-corrected chi connectivity index (χ3v) is 5.60. The fourth-order valence-corrected chi connectivity index (χ4v) is 3.69. The fraction of sp³-hybridized carbons (Fsp3) is 0.364. The minimum absolute atomic E-state index is 0.121. The van der Waals surface area contributed by atoms with Gasteiger partial charge in [0.2, 0.25) is 11.8 Å². The van der Waals surface area contributed by atoms with Crippen molar-refractivity contribution in [2.75, 3.05) is 31.1 Å². The Morgan fingerprint density at radius 1 is 0.889 bits per heavy atom. The lowest BCUT2D eigenvalue weighted by Gasteiger charge is -2.38. The van der Waals surface area contributed by atoms with Crippen molar-refractivity contribution in [2.45, 2.75) is 26.8 Å². The smallest absolute Gasteiger partial charge is 0.247 e. The third-order valence-electron chi connectivity index (χ3n) is 5.60. The summed E-state index contributed by atoms with van der Waals surface area (Å²) in [7, 11) is 0. The number of benzene rings is 2. The largest absolute Gasteiger partial charge is 0.419 e. The summed E-state index contributed by atoms with van der Waals surface area (Å²) in [6.07, 6.45) is 0. The van der Waals surface area contributed by atoms with Crippen molar-refractivity contribution in [1.29, 1.82) is 0 Å². The van der Waals surface area contributed by atoms with E-state index >= 15 is 0 Å². The molecule has 5 nitrogen and oxygen atoms in total. The van der Waals surface area contributed by atoms with Crippen molar-refractivity contribution in [3.05, 3.63) is 65.5 Å². The molecule has 5 heteroatoms. The first-order valence-corrected chi connectivity index (χ1v) is 9.57. The predicted octanol–water partition coefficient (Wildman–Crippen LogP) is 4.24. The highest BCUT2D eigenvalue weighted by atomic mass is 16.4. The molecule has 0 N–H and O–H groups in total. The molecule has 1 atom stereocenters. The van der Waals surface area contributed by atoms with Crippen LogP contribution in [0.25, 0.3) is 11.5 Å². The molecule has 2 aromatic carbocycles. The molecule has 0 radical (unpaired) electrons. The van der Waals surface area contributed by atoms with E-state index < -0.39 is 0 Å². The fourth-order valence-electron chi connectivity index (χ4n) is 3.69. The van der Waals surface area contributed by atoms with Gasteiger partial charge in [-0.05, 0) is 50.1 Å². The number of aromatic nitrogens is 2. The van der Waals surface area contributed by atoms with Crippen LogP contribution in [0.15, 0.2) is 52.9 Å². The van der Waals surface area contributed by atoms with Crippen LogP contribution in [0.1, 0.15) is 30.0 Å². The van der Waals surface area contributed by atoms with Crippen molar-refractivity contribution >= 4 is 5.69 Å². The van der Waals surface area contributed by atoms with Crippen molar-refractivity contribution in [1.82, 2.24) is 15.1 Å². The molecule has 2 heterocycles. The Bertz CT molecular complexity index is 898. The van der Waals surface area contributed by atoms with Gasteiger partial charge in [0, 0.05) is 37.4 Å². The van der Waals surface area contributed by atoms with E-state index in [4.69, 9.17) is 4.42 Å². The second-order valence-corrected chi connectivity index (χ2v) is 7.23. The monoisotopic (exact) mass is 362 g/mol. The maximum Gasteiger partial charge on any atom is 0.247 e. The highest BCUT2D eigenvalue weighted by Crippen LogP contribution is 2.27. The van der Waals surface area contributed by atoms with Crippen molar-refractivity contribution < 1.29 is 4.42 Å². The van der Waals surface area contributed by atoms with Crippen molar-refractivity contribution in [2.24, 2.45) is 0 Å². The van der Waals surface area contributed by atoms with Gasteiger partial charge in [-0.25, -0.2) is 0 Å². The number of rotatable bonds is 4. The number of piperazine rings is 1. The lowest BCUT2D eigenvalue weighted by Crippen LogP contribution is -2.47. The first kappa shape index (κ1) is 17.7. The van der Waals surface area contributed by atoms with Crippen LogP contribution >= 0.6 is 0 Å². The average molecular weight is 362 g/mol. The van der Waals surface area contributed by atoms with Crippen LogP contribution in [0.3, 0.4) is 0 Å². The van der Waals surface area contributed by atoms with Gasteiger partial charge >= 0.3 is 0 Å². The quantitative estimate of drug-likeness (QED) is 0.695. The van der Waals surface area contributed by atoms with Gasteiger partial charge in [0.05, 0.1) is 6.04 Å². The number of hydrogen-bond acceptors (Lipinski definition) is 5.